The second-order valence-electron chi connectivity index (χ2n) is 5.96. The highest BCUT2D eigenvalue weighted by Gasteiger charge is 2.18. The first kappa shape index (κ1) is 18.3. The number of aromatic nitrogens is 2. The fourth-order valence-electron chi connectivity index (χ4n) is 2.96. The van der Waals surface area contributed by atoms with E-state index < -0.39 is 15.7 Å². The van der Waals surface area contributed by atoms with Gasteiger partial charge in [-0.05, 0) is 12.1 Å². The van der Waals surface area contributed by atoms with Gasteiger partial charge < -0.3 is 4.98 Å². The molecule has 7 nitrogen and oxygen atoms in total. The van der Waals surface area contributed by atoms with Crippen LogP contribution in [-0.4, -0.2) is 25.4 Å². The molecule has 2 aromatic heterocycles. The number of hydrogen-bond donors (Lipinski definition) is 1. The van der Waals surface area contributed by atoms with Crippen molar-refractivity contribution in [2.45, 2.75) is 14.7 Å². The van der Waals surface area contributed by atoms with E-state index in [1.54, 1.807) is 18.5 Å². The third kappa shape index (κ3) is 3.08. The Morgan fingerprint density at radius 2 is 1.89 bits per heavy atom. The van der Waals surface area contributed by atoms with Crippen LogP contribution in [0, 0.1) is 10.1 Å². The van der Waals surface area contributed by atoms with Crippen LogP contribution in [0.5, 0.6) is 0 Å². The summed E-state index contributed by atoms with van der Waals surface area (Å²) in [7, 11) is -1.30. The van der Waals surface area contributed by atoms with E-state index in [2.05, 4.69) is 9.97 Å². The number of para-hydroxylation sites is 2. The molecule has 0 spiro atoms. The predicted molar refractivity (Wildman–Crippen MR) is 109 cm³/mol. The SMILES string of the molecule is CS(=O)c1cnc2ccccc2c1Sc1c[nH]c2c([N+](=O)[O-])cccc2c1=O. The first-order valence-electron chi connectivity index (χ1n) is 8.15. The van der Waals surface area contributed by atoms with Crippen LogP contribution < -0.4 is 5.43 Å². The van der Waals surface area contributed by atoms with Crippen molar-refractivity contribution in [1.82, 2.24) is 9.97 Å². The van der Waals surface area contributed by atoms with Gasteiger partial charge in [0.05, 0.1) is 36.4 Å². The highest BCUT2D eigenvalue weighted by molar-refractivity contribution is 8.00. The quantitative estimate of drug-likeness (QED) is 0.404. The molecule has 2 heterocycles. The van der Waals surface area contributed by atoms with Crippen LogP contribution in [0.2, 0.25) is 0 Å². The van der Waals surface area contributed by atoms with Gasteiger partial charge in [-0.2, -0.15) is 0 Å². The number of nitrogens with zero attached hydrogens (tertiary/aromatic N) is 2. The highest BCUT2D eigenvalue weighted by Crippen LogP contribution is 2.36. The molecule has 140 valence electrons. The summed E-state index contributed by atoms with van der Waals surface area (Å²) in [6.07, 6.45) is 4.57. The zero-order chi connectivity index (χ0) is 19.8. The van der Waals surface area contributed by atoms with Gasteiger partial charge in [0.15, 0.2) is 0 Å². The van der Waals surface area contributed by atoms with Crippen LogP contribution in [0.15, 0.2) is 74.3 Å². The number of nitro benzene ring substituents is 1. The van der Waals surface area contributed by atoms with Crippen molar-refractivity contribution >= 4 is 50.1 Å². The number of pyridine rings is 2. The Balaban J connectivity index is 1.93. The summed E-state index contributed by atoms with van der Waals surface area (Å²) in [5.74, 6) is 0. The minimum atomic E-state index is -1.30. The van der Waals surface area contributed by atoms with Crippen LogP contribution >= 0.6 is 11.8 Å². The van der Waals surface area contributed by atoms with E-state index in [4.69, 9.17) is 0 Å². The second-order valence-corrected chi connectivity index (χ2v) is 8.36. The number of aromatic amines is 1. The van der Waals surface area contributed by atoms with Crippen molar-refractivity contribution in [2.75, 3.05) is 6.26 Å². The molecular weight excluding hydrogens is 398 g/mol. The number of nitro groups is 1. The molecule has 2 aromatic carbocycles. The van der Waals surface area contributed by atoms with Crippen LogP contribution in [0.25, 0.3) is 21.8 Å². The van der Waals surface area contributed by atoms with Gasteiger partial charge in [-0.1, -0.05) is 36.0 Å². The smallest absolute Gasteiger partial charge is 0.293 e. The second kappa shape index (κ2) is 7.17. The standard InChI is InChI=1S/C19H13N3O4S2/c1-28(26)16-10-20-13-7-3-2-5-11(13)19(16)27-15-9-21-17-12(18(15)23)6-4-8-14(17)22(24)25/h2-10H,1H3,(H,21,23). The van der Waals surface area contributed by atoms with E-state index in [1.165, 1.54) is 30.1 Å². The molecule has 0 saturated carbocycles. The number of non-ortho nitro benzene ring substituents is 1. The summed E-state index contributed by atoms with van der Waals surface area (Å²) in [6.45, 7) is 0. The molecule has 0 radical (unpaired) electrons. The summed E-state index contributed by atoms with van der Waals surface area (Å²) in [5.41, 5.74) is 0.430. The molecule has 0 saturated heterocycles. The Hall–Kier alpha value is -3.04. The largest absolute Gasteiger partial charge is 0.354 e. The van der Waals surface area contributed by atoms with E-state index >= 15 is 0 Å². The lowest BCUT2D eigenvalue weighted by atomic mass is 10.2. The lowest BCUT2D eigenvalue weighted by Crippen LogP contribution is -2.07. The van der Waals surface area contributed by atoms with Gasteiger partial charge in [-0.3, -0.25) is 24.1 Å². The van der Waals surface area contributed by atoms with Gasteiger partial charge in [-0.15, -0.1) is 0 Å². The number of H-pyrrole nitrogens is 1. The predicted octanol–water partition coefficient (Wildman–Crippen LogP) is 3.87. The molecule has 0 bridgehead atoms. The van der Waals surface area contributed by atoms with E-state index in [0.717, 1.165) is 10.9 Å². The fourth-order valence-corrected chi connectivity index (χ4v) is 4.99. The molecular formula is C19H13N3O4S2. The first-order chi connectivity index (χ1) is 13.5. The molecule has 0 aliphatic heterocycles. The monoisotopic (exact) mass is 411 g/mol. The van der Waals surface area contributed by atoms with E-state index in [1.807, 2.05) is 24.3 Å². The minimum Gasteiger partial charge on any atom is -0.354 e. The topological polar surface area (TPSA) is 106 Å². The molecule has 9 heteroatoms. The minimum absolute atomic E-state index is 0.157. The van der Waals surface area contributed by atoms with Crippen molar-refractivity contribution < 1.29 is 9.13 Å². The van der Waals surface area contributed by atoms with Crippen molar-refractivity contribution in [3.05, 3.63) is 75.2 Å². The van der Waals surface area contributed by atoms with Gasteiger partial charge >= 0.3 is 0 Å². The Labute approximate surface area is 165 Å². The van der Waals surface area contributed by atoms with Gasteiger partial charge in [0.2, 0.25) is 5.43 Å². The maximum absolute atomic E-state index is 13.0. The summed E-state index contributed by atoms with van der Waals surface area (Å²) in [4.78, 5) is 32.4. The zero-order valence-electron chi connectivity index (χ0n) is 14.5. The van der Waals surface area contributed by atoms with Crippen LogP contribution in [0.4, 0.5) is 5.69 Å². The van der Waals surface area contributed by atoms with Gasteiger partial charge in [0, 0.05) is 35.0 Å². The van der Waals surface area contributed by atoms with Crippen molar-refractivity contribution in [1.29, 1.82) is 0 Å². The Bertz CT molecular complexity index is 1330. The van der Waals surface area contributed by atoms with E-state index in [0.29, 0.717) is 14.7 Å². The number of hydrogen-bond acceptors (Lipinski definition) is 6. The fraction of sp³-hybridized carbons (Fsp3) is 0.0526. The lowest BCUT2D eigenvalue weighted by molar-refractivity contribution is -0.383. The summed E-state index contributed by atoms with van der Waals surface area (Å²) in [6, 6.07) is 11.8. The van der Waals surface area contributed by atoms with Gasteiger partial charge in [0.1, 0.15) is 5.52 Å². The van der Waals surface area contributed by atoms with Crippen LogP contribution in [-0.2, 0) is 10.8 Å². The van der Waals surface area contributed by atoms with Gasteiger partial charge in [0.25, 0.3) is 5.69 Å². The Morgan fingerprint density at radius 1 is 1.14 bits per heavy atom. The summed E-state index contributed by atoms with van der Waals surface area (Å²) < 4.78 is 12.2. The molecule has 28 heavy (non-hydrogen) atoms. The molecule has 4 aromatic rings. The summed E-state index contributed by atoms with van der Waals surface area (Å²) >= 11 is 1.18. The number of nitrogens with one attached hydrogen (secondary N) is 1. The summed E-state index contributed by atoms with van der Waals surface area (Å²) in [5, 5.41) is 12.2. The Morgan fingerprint density at radius 3 is 2.64 bits per heavy atom. The molecule has 1 N–H and O–H groups in total. The van der Waals surface area contributed by atoms with Crippen molar-refractivity contribution in [3.8, 4) is 0 Å². The average molecular weight is 411 g/mol. The normalized spacial score (nSPS) is 12.3. The van der Waals surface area contributed by atoms with Gasteiger partial charge in [-0.25, -0.2) is 0 Å². The Kier molecular flexibility index (Phi) is 4.70. The van der Waals surface area contributed by atoms with Crippen molar-refractivity contribution in [2.24, 2.45) is 0 Å². The molecule has 0 amide bonds. The molecule has 1 unspecified atom stereocenters. The highest BCUT2D eigenvalue weighted by atomic mass is 32.2. The number of rotatable bonds is 4. The third-order valence-corrected chi connectivity index (χ3v) is 6.50. The maximum atomic E-state index is 13.0. The zero-order valence-corrected chi connectivity index (χ0v) is 16.2. The molecule has 1 atom stereocenters. The lowest BCUT2D eigenvalue weighted by Gasteiger charge is -2.10. The van der Waals surface area contributed by atoms with E-state index in [9.17, 15) is 19.1 Å². The van der Waals surface area contributed by atoms with E-state index in [-0.39, 0.29) is 22.0 Å². The maximum Gasteiger partial charge on any atom is 0.293 e. The third-order valence-electron chi connectivity index (χ3n) is 4.27. The molecule has 0 aliphatic carbocycles. The average Bonchev–Trinajstić information content (AvgIpc) is 2.69. The number of fused-ring (bicyclic) bond motifs is 2. The van der Waals surface area contributed by atoms with Crippen molar-refractivity contribution in [3.63, 3.8) is 0 Å². The molecule has 4 rings (SSSR count). The van der Waals surface area contributed by atoms with Crippen LogP contribution in [0.3, 0.4) is 0 Å². The first-order valence-corrected chi connectivity index (χ1v) is 10.5. The number of benzene rings is 2. The molecule has 0 fully saturated rings. The molecule has 0 aliphatic rings. The van der Waals surface area contributed by atoms with Crippen LogP contribution in [0.1, 0.15) is 0 Å².